The molecule has 1 aliphatic rings. The van der Waals surface area contributed by atoms with Crippen LogP contribution in [0.3, 0.4) is 0 Å². The van der Waals surface area contributed by atoms with Crippen molar-refractivity contribution in [3.63, 3.8) is 0 Å². The molecule has 1 saturated heterocycles. The van der Waals surface area contributed by atoms with E-state index in [4.69, 9.17) is 0 Å². The molecule has 3 rings (SSSR count). The Labute approximate surface area is 209 Å². The van der Waals surface area contributed by atoms with Gasteiger partial charge in [-0.05, 0) is 38.0 Å². The van der Waals surface area contributed by atoms with Crippen LogP contribution in [0, 0.1) is 17.5 Å². The van der Waals surface area contributed by atoms with Crippen LogP contribution in [0.5, 0.6) is 0 Å². The molecule has 33 heavy (non-hydrogen) atoms. The maximum atomic E-state index is 13.7. The minimum atomic E-state index is -1.63. The van der Waals surface area contributed by atoms with Crippen molar-refractivity contribution in [1.82, 2.24) is 15.5 Å². The molecule has 0 aliphatic carbocycles. The van der Waals surface area contributed by atoms with Crippen LogP contribution in [0.4, 0.5) is 18.9 Å². The normalized spacial score (nSPS) is 18.5. The molecule has 2 aromatic rings. The second-order valence-corrected chi connectivity index (χ2v) is 7.81. The van der Waals surface area contributed by atoms with E-state index in [0.29, 0.717) is 18.5 Å². The highest BCUT2D eigenvalue weighted by Gasteiger charge is 2.29. The molecule has 2 aromatic carbocycles. The van der Waals surface area contributed by atoms with Gasteiger partial charge in [-0.15, -0.1) is 24.0 Å². The Kier molecular flexibility index (Phi) is 10.4. The van der Waals surface area contributed by atoms with Crippen molar-refractivity contribution in [2.24, 2.45) is 4.99 Å². The lowest BCUT2D eigenvalue weighted by molar-refractivity contribution is -0.114. The predicted molar refractivity (Wildman–Crippen MR) is 134 cm³/mol. The molecule has 3 N–H and O–H groups in total. The fraction of sp³-hybridized carbons (Fsp3) is 0.391. The molecular weight excluding hydrogens is 546 g/mol. The molecule has 6 nitrogen and oxygen atoms in total. The van der Waals surface area contributed by atoms with Crippen molar-refractivity contribution in [2.45, 2.75) is 38.9 Å². The Morgan fingerprint density at radius 2 is 1.85 bits per heavy atom. The molecule has 180 valence electrons. The summed E-state index contributed by atoms with van der Waals surface area (Å²) in [6.45, 7) is 6.07. The Hall–Kier alpha value is -2.34. The van der Waals surface area contributed by atoms with Gasteiger partial charge in [-0.1, -0.05) is 30.3 Å². The second kappa shape index (κ2) is 12.8. The van der Waals surface area contributed by atoms with Gasteiger partial charge in [-0.2, -0.15) is 0 Å². The first-order valence-corrected chi connectivity index (χ1v) is 10.6. The van der Waals surface area contributed by atoms with Crippen LogP contribution < -0.4 is 16.0 Å². The van der Waals surface area contributed by atoms with E-state index in [0.717, 1.165) is 31.6 Å². The lowest BCUT2D eigenvalue weighted by Crippen LogP contribution is -2.45. The molecule has 1 fully saturated rings. The van der Waals surface area contributed by atoms with E-state index in [1.807, 2.05) is 25.1 Å². The minimum Gasteiger partial charge on any atom is -0.357 e. The van der Waals surface area contributed by atoms with Crippen molar-refractivity contribution < 1.29 is 18.0 Å². The number of anilines is 1. The van der Waals surface area contributed by atoms with Crippen LogP contribution in [0.2, 0.25) is 0 Å². The zero-order valence-electron chi connectivity index (χ0n) is 18.6. The SMILES string of the molecule is CCNC(=NCC(=O)Nc1ccc(F)c(F)c1F)NC1CC(C)N(Cc2ccccc2)C1.I. The third-order valence-corrected chi connectivity index (χ3v) is 5.31. The number of hydrogen-bond acceptors (Lipinski definition) is 3. The van der Waals surface area contributed by atoms with E-state index in [1.165, 1.54) is 5.56 Å². The monoisotopic (exact) mass is 575 g/mol. The maximum Gasteiger partial charge on any atom is 0.246 e. The quantitative estimate of drug-likeness (QED) is 0.203. The number of likely N-dealkylation sites (tertiary alicyclic amines) is 1. The van der Waals surface area contributed by atoms with E-state index >= 15 is 0 Å². The summed E-state index contributed by atoms with van der Waals surface area (Å²) in [5.74, 6) is -4.56. The first-order valence-electron chi connectivity index (χ1n) is 10.6. The first kappa shape index (κ1) is 26.9. The van der Waals surface area contributed by atoms with E-state index in [1.54, 1.807) is 0 Å². The lowest BCUT2D eigenvalue weighted by Gasteiger charge is -2.21. The topological polar surface area (TPSA) is 68.8 Å². The smallest absolute Gasteiger partial charge is 0.246 e. The van der Waals surface area contributed by atoms with Crippen LogP contribution in [0.15, 0.2) is 47.5 Å². The van der Waals surface area contributed by atoms with Gasteiger partial charge in [0.1, 0.15) is 6.54 Å². The molecule has 2 atom stereocenters. The number of nitrogens with one attached hydrogen (secondary N) is 3. The number of amides is 1. The average molecular weight is 575 g/mol. The number of nitrogens with zero attached hydrogens (tertiary/aromatic N) is 2. The number of carbonyl (C=O) groups excluding carboxylic acids is 1. The number of halogens is 4. The molecule has 0 radical (unpaired) electrons. The van der Waals surface area contributed by atoms with Crippen LogP contribution >= 0.6 is 24.0 Å². The van der Waals surface area contributed by atoms with Crippen LogP contribution in [-0.2, 0) is 11.3 Å². The molecule has 1 heterocycles. The van der Waals surface area contributed by atoms with Gasteiger partial charge in [-0.25, -0.2) is 18.2 Å². The molecule has 0 saturated carbocycles. The van der Waals surface area contributed by atoms with Gasteiger partial charge in [0.2, 0.25) is 5.91 Å². The largest absolute Gasteiger partial charge is 0.357 e. The molecule has 10 heteroatoms. The molecule has 2 unspecified atom stereocenters. The number of hydrogen-bond donors (Lipinski definition) is 3. The zero-order valence-corrected chi connectivity index (χ0v) is 20.9. The van der Waals surface area contributed by atoms with E-state index < -0.39 is 29.0 Å². The van der Waals surface area contributed by atoms with Crippen molar-refractivity contribution in [2.75, 3.05) is 25.0 Å². The maximum absolute atomic E-state index is 13.7. The number of carbonyl (C=O) groups is 1. The van der Waals surface area contributed by atoms with Crippen LogP contribution in [-0.4, -0.2) is 48.5 Å². The second-order valence-electron chi connectivity index (χ2n) is 7.81. The molecular formula is C23H29F3IN5O. The predicted octanol–water partition coefficient (Wildman–Crippen LogP) is 3.88. The zero-order chi connectivity index (χ0) is 23.1. The number of benzene rings is 2. The Morgan fingerprint density at radius 3 is 2.55 bits per heavy atom. The van der Waals surface area contributed by atoms with Gasteiger partial charge in [0.25, 0.3) is 0 Å². The Morgan fingerprint density at radius 1 is 1.12 bits per heavy atom. The van der Waals surface area contributed by atoms with Gasteiger partial charge in [-0.3, -0.25) is 9.69 Å². The van der Waals surface area contributed by atoms with Crippen LogP contribution in [0.1, 0.15) is 25.8 Å². The fourth-order valence-corrected chi connectivity index (χ4v) is 3.72. The number of aliphatic imine (C=N–C) groups is 1. The highest BCUT2D eigenvalue weighted by Crippen LogP contribution is 2.21. The molecule has 0 aromatic heterocycles. The highest BCUT2D eigenvalue weighted by molar-refractivity contribution is 14.0. The fourth-order valence-electron chi connectivity index (χ4n) is 3.72. The van der Waals surface area contributed by atoms with Gasteiger partial charge in [0.05, 0.1) is 5.69 Å². The third kappa shape index (κ3) is 7.60. The summed E-state index contributed by atoms with van der Waals surface area (Å²) >= 11 is 0. The Bertz CT molecular complexity index is 961. The van der Waals surface area contributed by atoms with E-state index in [-0.39, 0.29) is 36.6 Å². The standard InChI is InChI=1S/C23H28F3N5O.HI/c1-3-27-23(28-12-20(32)30-19-10-9-18(24)21(25)22(19)26)29-17-11-15(2)31(14-17)13-16-7-5-4-6-8-16;/h4-10,15,17H,3,11-14H2,1-2H3,(H,30,32)(H2,27,28,29);1H. The van der Waals surface area contributed by atoms with Gasteiger partial charge in [0.15, 0.2) is 23.4 Å². The first-order chi connectivity index (χ1) is 15.4. The Balaban J connectivity index is 0.00000385. The van der Waals surface area contributed by atoms with Crippen molar-refractivity contribution in [3.8, 4) is 0 Å². The molecule has 1 amide bonds. The van der Waals surface area contributed by atoms with E-state index in [9.17, 15) is 18.0 Å². The summed E-state index contributed by atoms with van der Waals surface area (Å²) in [5, 5.41) is 8.66. The summed E-state index contributed by atoms with van der Waals surface area (Å²) in [7, 11) is 0. The average Bonchev–Trinajstić information content (AvgIpc) is 3.12. The van der Waals surface area contributed by atoms with Gasteiger partial charge in [0, 0.05) is 31.7 Å². The van der Waals surface area contributed by atoms with Crippen molar-refractivity contribution >= 4 is 41.5 Å². The number of rotatable bonds is 7. The van der Waals surface area contributed by atoms with Gasteiger partial charge < -0.3 is 16.0 Å². The minimum absolute atomic E-state index is 0. The van der Waals surface area contributed by atoms with Gasteiger partial charge >= 0.3 is 0 Å². The lowest BCUT2D eigenvalue weighted by atomic mass is 10.2. The summed E-state index contributed by atoms with van der Waals surface area (Å²) in [4.78, 5) is 18.8. The van der Waals surface area contributed by atoms with Crippen molar-refractivity contribution in [1.29, 1.82) is 0 Å². The third-order valence-electron chi connectivity index (χ3n) is 5.31. The highest BCUT2D eigenvalue weighted by atomic mass is 127. The molecule has 0 bridgehead atoms. The summed E-state index contributed by atoms with van der Waals surface area (Å²) in [5.41, 5.74) is 0.824. The van der Waals surface area contributed by atoms with E-state index in [2.05, 4.69) is 44.9 Å². The summed E-state index contributed by atoms with van der Waals surface area (Å²) in [6, 6.07) is 12.5. The van der Waals surface area contributed by atoms with Crippen LogP contribution in [0.25, 0.3) is 0 Å². The van der Waals surface area contributed by atoms with Crippen molar-refractivity contribution in [3.05, 3.63) is 65.5 Å². The summed E-state index contributed by atoms with van der Waals surface area (Å²) in [6.07, 6.45) is 0.920. The number of guanidine groups is 1. The summed E-state index contributed by atoms with van der Waals surface area (Å²) < 4.78 is 40.1. The molecule has 1 aliphatic heterocycles. The molecule has 0 spiro atoms.